The van der Waals surface area contributed by atoms with Crippen molar-refractivity contribution in [2.75, 3.05) is 7.11 Å². The summed E-state index contributed by atoms with van der Waals surface area (Å²) in [4.78, 5) is 29.0. The van der Waals surface area contributed by atoms with E-state index in [-0.39, 0.29) is 16.3 Å². The summed E-state index contributed by atoms with van der Waals surface area (Å²) in [5.74, 6) is -0.522. The number of halogens is 2. The van der Waals surface area contributed by atoms with Crippen LogP contribution in [0.1, 0.15) is 32.0 Å². The number of carbonyl (C=O) groups is 2. The zero-order valence-corrected chi connectivity index (χ0v) is 23.0. The van der Waals surface area contributed by atoms with E-state index in [0.29, 0.717) is 27.6 Å². The molecule has 1 aromatic heterocycles. The molecule has 0 fully saturated rings. The summed E-state index contributed by atoms with van der Waals surface area (Å²) in [6.07, 6.45) is 1.46. The number of benzene rings is 4. The van der Waals surface area contributed by atoms with Gasteiger partial charge in [-0.25, -0.2) is 10.2 Å². The number of aryl methyl sites for hydroxylation is 1. The van der Waals surface area contributed by atoms with Crippen LogP contribution in [0.4, 0.5) is 0 Å². The number of H-pyrrole nitrogens is 1. The van der Waals surface area contributed by atoms with Crippen LogP contribution >= 0.6 is 23.2 Å². The molecule has 0 aliphatic heterocycles. The molecular weight excluding hydrogens is 549 g/mol. The highest BCUT2D eigenvalue weighted by atomic mass is 35.5. The third kappa shape index (κ3) is 5.57. The van der Waals surface area contributed by atoms with Crippen LogP contribution in [0, 0.1) is 6.92 Å². The first-order valence-electron chi connectivity index (χ1n) is 12.2. The van der Waals surface area contributed by atoms with Gasteiger partial charge in [-0.2, -0.15) is 5.10 Å². The van der Waals surface area contributed by atoms with E-state index in [1.54, 1.807) is 48.5 Å². The van der Waals surface area contributed by atoms with Crippen molar-refractivity contribution < 1.29 is 19.1 Å². The topological polar surface area (TPSA) is 92.8 Å². The number of nitrogens with one attached hydrogen (secondary N) is 2. The smallest absolute Gasteiger partial charge is 0.345 e. The van der Waals surface area contributed by atoms with E-state index in [0.717, 1.165) is 22.0 Å². The van der Waals surface area contributed by atoms with Gasteiger partial charge in [0, 0.05) is 27.1 Å². The van der Waals surface area contributed by atoms with Crippen LogP contribution in [0.2, 0.25) is 10.0 Å². The van der Waals surface area contributed by atoms with Gasteiger partial charge in [0.15, 0.2) is 11.5 Å². The number of fused-ring (bicyclic) bond motifs is 1. The average Bonchev–Trinajstić information content (AvgIpc) is 3.32. The van der Waals surface area contributed by atoms with E-state index in [4.69, 9.17) is 32.7 Å². The Hall–Kier alpha value is -4.59. The molecule has 0 spiro atoms. The monoisotopic (exact) mass is 571 g/mol. The molecule has 5 aromatic rings. The summed E-state index contributed by atoms with van der Waals surface area (Å²) in [5.41, 5.74) is 7.06. The summed E-state index contributed by atoms with van der Waals surface area (Å²) in [6, 6.07) is 24.8. The number of ether oxygens (including phenoxy) is 2. The van der Waals surface area contributed by atoms with Crippen molar-refractivity contribution in [1.29, 1.82) is 0 Å². The number of methoxy groups -OCH3 is 1. The zero-order chi connectivity index (χ0) is 28.2. The minimum Gasteiger partial charge on any atom is -0.493 e. The number of hydrogen-bond acceptors (Lipinski definition) is 5. The highest BCUT2D eigenvalue weighted by molar-refractivity contribution is 6.34. The Morgan fingerprint density at radius 1 is 0.900 bits per heavy atom. The van der Waals surface area contributed by atoms with E-state index < -0.39 is 11.9 Å². The lowest BCUT2D eigenvalue weighted by molar-refractivity contribution is 0.0729. The summed E-state index contributed by atoms with van der Waals surface area (Å²) >= 11 is 12.6. The van der Waals surface area contributed by atoms with Crippen molar-refractivity contribution in [2.24, 2.45) is 5.10 Å². The van der Waals surface area contributed by atoms with Gasteiger partial charge in [0.1, 0.15) is 5.69 Å². The van der Waals surface area contributed by atoms with E-state index in [1.807, 2.05) is 43.3 Å². The van der Waals surface area contributed by atoms with Crippen molar-refractivity contribution in [3.63, 3.8) is 0 Å². The number of amides is 1. The summed E-state index contributed by atoms with van der Waals surface area (Å²) in [6.45, 7) is 1.99. The van der Waals surface area contributed by atoms with E-state index in [1.165, 1.54) is 13.3 Å². The molecule has 0 aliphatic carbocycles. The van der Waals surface area contributed by atoms with Crippen LogP contribution in [0.25, 0.3) is 22.0 Å². The molecule has 4 aromatic carbocycles. The van der Waals surface area contributed by atoms with Crippen LogP contribution in [0.3, 0.4) is 0 Å². The predicted molar refractivity (Wildman–Crippen MR) is 158 cm³/mol. The second-order valence-corrected chi connectivity index (χ2v) is 9.70. The Morgan fingerprint density at radius 2 is 1.65 bits per heavy atom. The maximum atomic E-state index is 13.3. The van der Waals surface area contributed by atoms with Gasteiger partial charge in [-0.1, -0.05) is 65.2 Å². The number of aromatic amines is 1. The molecule has 0 bridgehead atoms. The lowest BCUT2D eigenvalue weighted by Crippen LogP contribution is -2.19. The third-order valence-corrected chi connectivity index (χ3v) is 6.85. The number of esters is 1. The fourth-order valence-corrected chi connectivity index (χ4v) is 4.71. The molecule has 1 amide bonds. The van der Waals surface area contributed by atoms with Gasteiger partial charge in [-0.15, -0.1) is 0 Å². The van der Waals surface area contributed by atoms with Crippen molar-refractivity contribution in [3.05, 3.63) is 117 Å². The Labute approximate surface area is 240 Å². The summed E-state index contributed by atoms with van der Waals surface area (Å²) < 4.78 is 10.9. The van der Waals surface area contributed by atoms with Crippen molar-refractivity contribution >= 4 is 52.2 Å². The highest BCUT2D eigenvalue weighted by Crippen LogP contribution is 2.37. The van der Waals surface area contributed by atoms with Crippen LogP contribution in [-0.4, -0.2) is 30.2 Å². The molecular formula is C31H23Cl2N3O4. The maximum absolute atomic E-state index is 13.3. The third-order valence-electron chi connectivity index (χ3n) is 6.19. The molecule has 0 aliphatic rings. The summed E-state index contributed by atoms with van der Waals surface area (Å²) in [7, 11) is 1.46. The second kappa shape index (κ2) is 11.7. The minimum absolute atomic E-state index is 0.214. The molecule has 0 atom stereocenters. The largest absolute Gasteiger partial charge is 0.493 e. The van der Waals surface area contributed by atoms with E-state index in [2.05, 4.69) is 15.5 Å². The van der Waals surface area contributed by atoms with Crippen molar-refractivity contribution in [2.45, 2.75) is 6.92 Å². The number of nitrogens with zero attached hydrogens (tertiary/aromatic N) is 1. The fraction of sp³-hybridized carbons (Fsp3) is 0.0645. The van der Waals surface area contributed by atoms with E-state index >= 15 is 0 Å². The minimum atomic E-state index is -0.611. The lowest BCUT2D eigenvalue weighted by atomic mass is 10.0. The molecule has 0 saturated heterocycles. The number of rotatable bonds is 7. The molecule has 0 unspecified atom stereocenters. The Morgan fingerprint density at radius 3 is 2.40 bits per heavy atom. The molecule has 1 heterocycles. The van der Waals surface area contributed by atoms with Gasteiger partial charge in [0.2, 0.25) is 0 Å². The number of hydrazone groups is 1. The van der Waals surface area contributed by atoms with Gasteiger partial charge in [0.25, 0.3) is 5.91 Å². The van der Waals surface area contributed by atoms with Gasteiger partial charge in [0.05, 0.1) is 23.9 Å². The van der Waals surface area contributed by atoms with Crippen molar-refractivity contribution in [1.82, 2.24) is 10.4 Å². The van der Waals surface area contributed by atoms with Gasteiger partial charge >= 0.3 is 5.97 Å². The Bertz CT molecular complexity index is 1780. The maximum Gasteiger partial charge on any atom is 0.345 e. The molecule has 5 rings (SSSR count). The quantitative estimate of drug-likeness (QED) is 0.0918. The highest BCUT2D eigenvalue weighted by Gasteiger charge is 2.21. The van der Waals surface area contributed by atoms with Crippen LogP contribution < -0.4 is 14.9 Å². The normalized spacial score (nSPS) is 11.1. The number of hydrogen-bond donors (Lipinski definition) is 2. The van der Waals surface area contributed by atoms with Crippen LogP contribution in [0.5, 0.6) is 11.5 Å². The van der Waals surface area contributed by atoms with Gasteiger partial charge in [-0.05, 0) is 61.0 Å². The average molecular weight is 572 g/mol. The van der Waals surface area contributed by atoms with Crippen molar-refractivity contribution in [3.8, 4) is 22.6 Å². The first-order chi connectivity index (χ1) is 19.4. The van der Waals surface area contributed by atoms with Crippen LogP contribution in [0.15, 0.2) is 90.0 Å². The van der Waals surface area contributed by atoms with Crippen LogP contribution in [-0.2, 0) is 0 Å². The molecule has 200 valence electrons. The lowest BCUT2D eigenvalue weighted by Gasteiger charge is -2.10. The Kier molecular flexibility index (Phi) is 7.86. The van der Waals surface area contributed by atoms with Gasteiger partial charge < -0.3 is 14.5 Å². The molecule has 0 saturated carbocycles. The standard InChI is InChI=1S/C31H23Cl2N3O4/c1-18-11-13-25-22(15-18)28(20-7-3-5-9-23(20)32)29(35-25)30(37)36-34-17-19-12-14-26(27(16-19)39-2)40-31(38)21-8-4-6-10-24(21)33/h3-17,35H,1-2H3,(H,36,37). The van der Waals surface area contributed by atoms with Gasteiger partial charge in [-0.3, -0.25) is 4.79 Å². The summed E-state index contributed by atoms with van der Waals surface area (Å²) in [5, 5.41) is 5.83. The second-order valence-electron chi connectivity index (χ2n) is 8.88. The Balaban J connectivity index is 1.37. The molecule has 9 heteroatoms. The number of carbonyl (C=O) groups excluding carboxylic acids is 2. The fourth-order valence-electron chi connectivity index (χ4n) is 4.27. The first-order valence-corrected chi connectivity index (χ1v) is 13.0. The molecule has 2 N–H and O–H groups in total. The predicted octanol–water partition coefficient (Wildman–Crippen LogP) is 7.44. The first kappa shape index (κ1) is 27.0. The molecule has 0 radical (unpaired) electrons. The molecule has 40 heavy (non-hydrogen) atoms. The molecule has 7 nitrogen and oxygen atoms in total. The number of aromatic nitrogens is 1. The SMILES string of the molecule is COc1cc(C=NNC(=O)c2[nH]c3ccc(C)cc3c2-c2ccccc2Cl)ccc1OC(=O)c1ccccc1Cl. The van der Waals surface area contributed by atoms with E-state index in [9.17, 15) is 9.59 Å². The zero-order valence-electron chi connectivity index (χ0n) is 21.5.